The summed E-state index contributed by atoms with van der Waals surface area (Å²) >= 11 is 1.39. The van der Waals surface area contributed by atoms with Gasteiger partial charge in [0.25, 0.3) is 0 Å². The van der Waals surface area contributed by atoms with Crippen molar-refractivity contribution in [2.75, 3.05) is 6.61 Å². The van der Waals surface area contributed by atoms with Gasteiger partial charge in [-0.15, -0.1) is 11.3 Å². The molecule has 0 aliphatic carbocycles. The van der Waals surface area contributed by atoms with Crippen LogP contribution >= 0.6 is 11.3 Å². The first-order valence-electron chi connectivity index (χ1n) is 10.1. The highest BCUT2D eigenvalue weighted by molar-refractivity contribution is 7.12. The van der Waals surface area contributed by atoms with Gasteiger partial charge < -0.3 is 9.14 Å². The molecule has 0 saturated carbocycles. The number of rotatable bonds is 5. The zero-order valence-corrected chi connectivity index (χ0v) is 17.7. The lowest BCUT2D eigenvalue weighted by Crippen LogP contribution is -2.10. The first-order chi connectivity index (χ1) is 15.2. The van der Waals surface area contributed by atoms with E-state index in [1.807, 2.05) is 88.6 Å². The van der Waals surface area contributed by atoms with Crippen molar-refractivity contribution in [2.45, 2.75) is 6.92 Å². The van der Waals surface area contributed by atoms with Crippen LogP contribution < -0.4 is 0 Å². The van der Waals surface area contributed by atoms with Crippen LogP contribution in [0.3, 0.4) is 0 Å². The lowest BCUT2D eigenvalue weighted by atomic mass is 9.97. The summed E-state index contributed by atoms with van der Waals surface area (Å²) in [7, 11) is 0. The number of nitrogens with zero attached hydrogens (tertiary/aromatic N) is 1. The van der Waals surface area contributed by atoms with Crippen molar-refractivity contribution in [1.82, 2.24) is 4.40 Å². The molecule has 152 valence electrons. The average molecular weight is 426 g/mol. The molecule has 0 amide bonds. The molecule has 0 N–H and O–H groups in total. The summed E-state index contributed by atoms with van der Waals surface area (Å²) in [6, 6.07) is 25.0. The molecule has 5 rings (SSSR count). The Morgan fingerprint density at radius 3 is 2.39 bits per heavy atom. The molecule has 31 heavy (non-hydrogen) atoms. The molecule has 0 atom stereocenters. The van der Waals surface area contributed by atoms with Gasteiger partial charge in [0.1, 0.15) is 5.69 Å². The zero-order valence-electron chi connectivity index (χ0n) is 16.9. The molecule has 3 aromatic heterocycles. The number of hydrogen-bond acceptors (Lipinski definition) is 4. The van der Waals surface area contributed by atoms with Crippen LogP contribution in [-0.2, 0) is 4.74 Å². The second-order valence-corrected chi connectivity index (χ2v) is 8.05. The van der Waals surface area contributed by atoms with Crippen LogP contribution in [0.5, 0.6) is 0 Å². The standard InChI is InChI=1S/C26H19NO3S/c1-2-30-26(29)24-22(18-10-4-3-5-11-18)23(25(28)21-13-8-16-31-21)20-15-14-17-9-6-7-12-19(17)27(20)24/h3-16H,2H2,1H3. The number of pyridine rings is 1. The van der Waals surface area contributed by atoms with Gasteiger partial charge in [0.2, 0.25) is 5.78 Å². The maximum Gasteiger partial charge on any atom is 0.355 e. The van der Waals surface area contributed by atoms with Crippen LogP contribution in [-0.4, -0.2) is 22.8 Å². The summed E-state index contributed by atoms with van der Waals surface area (Å²) in [5, 5.41) is 2.86. The van der Waals surface area contributed by atoms with Gasteiger partial charge in [0.05, 0.1) is 28.1 Å². The van der Waals surface area contributed by atoms with Gasteiger partial charge in [-0.3, -0.25) is 4.79 Å². The number of carbonyl (C=O) groups is 2. The highest BCUT2D eigenvalue weighted by Crippen LogP contribution is 2.38. The number of ketones is 1. The van der Waals surface area contributed by atoms with Crippen LogP contribution in [0.1, 0.15) is 32.6 Å². The first-order valence-corrected chi connectivity index (χ1v) is 11.0. The molecule has 5 heteroatoms. The Kier molecular flexibility index (Phi) is 4.88. The van der Waals surface area contributed by atoms with E-state index in [0.717, 1.165) is 16.5 Å². The topological polar surface area (TPSA) is 47.8 Å². The highest BCUT2D eigenvalue weighted by Gasteiger charge is 2.30. The third-order valence-corrected chi connectivity index (χ3v) is 6.18. The highest BCUT2D eigenvalue weighted by atomic mass is 32.1. The normalized spacial score (nSPS) is 11.1. The van der Waals surface area contributed by atoms with Crippen molar-refractivity contribution in [3.05, 3.63) is 100 Å². The number of esters is 1. The summed E-state index contributed by atoms with van der Waals surface area (Å²) in [6.45, 7) is 2.03. The Hall–Kier alpha value is -3.70. The van der Waals surface area contributed by atoms with Crippen molar-refractivity contribution in [3.8, 4) is 11.1 Å². The summed E-state index contributed by atoms with van der Waals surface area (Å²) in [4.78, 5) is 27.6. The molecule has 4 nitrogen and oxygen atoms in total. The predicted molar refractivity (Wildman–Crippen MR) is 124 cm³/mol. The second-order valence-electron chi connectivity index (χ2n) is 7.10. The maximum absolute atomic E-state index is 13.7. The average Bonchev–Trinajstić information content (AvgIpc) is 3.46. The minimum absolute atomic E-state index is 0.0998. The number of ether oxygens (including phenoxy) is 1. The quantitative estimate of drug-likeness (QED) is 0.248. The fourth-order valence-corrected chi connectivity index (χ4v) is 4.71. The molecule has 0 spiro atoms. The summed E-state index contributed by atoms with van der Waals surface area (Å²) in [5.41, 5.74) is 3.85. The van der Waals surface area contributed by atoms with E-state index < -0.39 is 5.97 Å². The van der Waals surface area contributed by atoms with E-state index in [1.165, 1.54) is 11.3 Å². The first kappa shape index (κ1) is 19.3. The minimum atomic E-state index is -0.446. The van der Waals surface area contributed by atoms with Gasteiger partial charge in [-0.2, -0.15) is 0 Å². The SMILES string of the molecule is CCOC(=O)c1c(-c2ccccc2)c(C(=O)c2cccs2)c2ccc3ccccc3n12. The number of thiophene rings is 1. The van der Waals surface area contributed by atoms with E-state index in [0.29, 0.717) is 27.2 Å². The molecule has 0 fully saturated rings. The monoisotopic (exact) mass is 425 g/mol. The molecular formula is C26H19NO3S. The van der Waals surface area contributed by atoms with E-state index in [4.69, 9.17) is 4.74 Å². The number of benzene rings is 2. The third kappa shape index (κ3) is 3.14. The van der Waals surface area contributed by atoms with Crippen LogP contribution in [0.2, 0.25) is 0 Å². The Morgan fingerprint density at radius 2 is 1.65 bits per heavy atom. The van der Waals surface area contributed by atoms with Crippen LogP contribution in [0.4, 0.5) is 0 Å². The Bertz CT molecular complexity index is 1420. The van der Waals surface area contributed by atoms with E-state index in [1.54, 1.807) is 6.92 Å². The van der Waals surface area contributed by atoms with E-state index >= 15 is 0 Å². The van der Waals surface area contributed by atoms with Crippen molar-refractivity contribution in [1.29, 1.82) is 0 Å². The maximum atomic E-state index is 13.7. The molecule has 2 aromatic carbocycles. The summed E-state index contributed by atoms with van der Waals surface area (Å²) in [5.74, 6) is -0.546. The molecule has 0 unspecified atom stereocenters. The molecule has 0 aliphatic rings. The van der Waals surface area contributed by atoms with Gasteiger partial charge in [-0.25, -0.2) is 4.79 Å². The summed E-state index contributed by atoms with van der Waals surface area (Å²) < 4.78 is 7.33. The molecule has 0 aliphatic heterocycles. The van der Waals surface area contributed by atoms with Crippen LogP contribution in [0.15, 0.2) is 84.2 Å². The van der Waals surface area contributed by atoms with Gasteiger partial charge in [-0.1, -0.05) is 60.7 Å². The molecule has 0 radical (unpaired) electrons. The molecule has 0 bridgehead atoms. The van der Waals surface area contributed by atoms with E-state index in [-0.39, 0.29) is 12.4 Å². The number of hydrogen-bond donors (Lipinski definition) is 0. The van der Waals surface area contributed by atoms with Crippen LogP contribution in [0.25, 0.3) is 27.5 Å². The molecule has 0 saturated heterocycles. The van der Waals surface area contributed by atoms with Gasteiger partial charge in [0.15, 0.2) is 0 Å². The minimum Gasteiger partial charge on any atom is -0.461 e. The second kappa shape index (κ2) is 7.85. The van der Waals surface area contributed by atoms with E-state index in [9.17, 15) is 9.59 Å². The molecular weight excluding hydrogens is 406 g/mol. The Morgan fingerprint density at radius 1 is 0.871 bits per heavy atom. The lowest BCUT2D eigenvalue weighted by Gasteiger charge is -2.09. The number of aromatic nitrogens is 1. The molecule has 3 heterocycles. The van der Waals surface area contributed by atoms with Gasteiger partial charge in [0, 0.05) is 5.56 Å². The number of carbonyl (C=O) groups excluding carboxylic acids is 2. The van der Waals surface area contributed by atoms with Crippen molar-refractivity contribution >= 4 is 39.5 Å². The Balaban J connectivity index is 1.98. The fourth-order valence-electron chi connectivity index (χ4n) is 4.04. The van der Waals surface area contributed by atoms with Crippen molar-refractivity contribution < 1.29 is 14.3 Å². The number of para-hydroxylation sites is 1. The largest absolute Gasteiger partial charge is 0.461 e. The lowest BCUT2D eigenvalue weighted by molar-refractivity contribution is 0.0520. The van der Waals surface area contributed by atoms with Crippen LogP contribution in [0, 0.1) is 0 Å². The third-order valence-electron chi connectivity index (χ3n) is 5.31. The number of fused-ring (bicyclic) bond motifs is 3. The summed E-state index contributed by atoms with van der Waals surface area (Å²) in [6.07, 6.45) is 0. The fraction of sp³-hybridized carbons (Fsp3) is 0.0769. The van der Waals surface area contributed by atoms with Crippen molar-refractivity contribution in [2.24, 2.45) is 0 Å². The van der Waals surface area contributed by atoms with E-state index in [2.05, 4.69) is 0 Å². The smallest absolute Gasteiger partial charge is 0.355 e. The van der Waals surface area contributed by atoms with Gasteiger partial charge >= 0.3 is 5.97 Å². The Labute approximate surface area is 183 Å². The molecule has 5 aromatic rings. The predicted octanol–water partition coefficient (Wildman–Crippen LogP) is 6.23. The van der Waals surface area contributed by atoms with Gasteiger partial charge in [-0.05, 0) is 41.5 Å². The van der Waals surface area contributed by atoms with Crippen molar-refractivity contribution in [3.63, 3.8) is 0 Å². The zero-order chi connectivity index (χ0) is 21.4.